The Labute approximate surface area is 165 Å². The minimum Gasteiger partial charge on any atom is -0.379 e. The lowest BCUT2D eigenvalue weighted by Crippen LogP contribution is -2.43. The van der Waals surface area contributed by atoms with Crippen LogP contribution in [-0.2, 0) is 11.0 Å². The highest BCUT2D eigenvalue weighted by molar-refractivity contribution is 5.92. The van der Waals surface area contributed by atoms with Gasteiger partial charge in [-0.15, -0.1) is 0 Å². The number of benzene rings is 1. The zero-order chi connectivity index (χ0) is 20.8. The van der Waals surface area contributed by atoms with Crippen LogP contribution in [0.15, 0.2) is 42.6 Å². The number of halogens is 4. The van der Waals surface area contributed by atoms with Gasteiger partial charge in [0.2, 0.25) is 5.91 Å². The molecule has 2 aromatic rings. The summed E-state index contributed by atoms with van der Waals surface area (Å²) < 4.78 is 51.7. The molecule has 0 aliphatic heterocycles. The third-order valence-electron chi connectivity index (χ3n) is 6.17. The van der Waals surface area contributed by atoms with Gasteiger partial charge in [-0.2, -0.15) is 13.2 Å². The number of hydrogen-bond acceptors (Lipinski definition) is 3. The van der Waals surface area contributed by atoms with E-state index in [1.807, 2.05) is 6.92 Å². The van der Waals surface area contributed by atoms with Crippen LogP contribution in [0.25, 0.3) is 0 Å². The average Bonchev–Trinajstić information content (AvgIpc) is 3.18. The molecule has 29 heavy (non-hydrogen) atoms. The predicted octanol–water partition coefficient (Wildman–Crippen LogP) is 5.09. The monoisotopic (exact) mass is 407 g/mol. The molecule has 0 radical (unpaired) electrons. The van der Waals surface area contributed by atoms with E-state index in [0.717, 1.165) is 31.5 Å². The summed E-state index contributed by atoms with van der Waals surface area (Å²) in [6.45, 7) is 1.87. The van der Waals surface area contributed by atoms with E-state index in [2.05, 4.69) is 15.6 Å². The maximum absolute atomic E-state index is 13.0. The lowest BCUT2D eigenvalue weighted by Gasteiger charge is -2.40. The highest BCUT2D eigenvalue weighted by Crippen LogP contribution is 2.59. The van der Waals surface area contributed by atoms with E-state index >= 15 is 0 Å². The lowest BCUT2D eigenvalue weighted by molar-refractivity contribution is -0.141. The Morgan fingerprint density at radius 3 is 2.48 bits per heavy atom. The van der Waals surface area contributed by atoms with Crippen molar-refractivity contribution in [3.8, 4) is 0 Å². The molecule has 0 spiro atoms. The van der Waals surface area contributed by atoms with Crippen LogP contribution >= 0.6 is 0 Å². The molecule has 1 aromatic carbocycles. The Morgan fingerprint density at radius 1 is 1.14 bits per heavy atom. The number of aromatic nitrogens is 1. The molecule has 3 aliphatic rings. The van der Waals surface area contributed by atoms with Crippen molar-refractivity contribution in [1.29, 1.82) is 0 Å². The summed E-state index contributed by atoms with van der Waals surface area (Å²) >= 11 is 0. The van der Waals surface area contributed by atoms with Crippen LogP contribution in [0.2, 0.25) is 0 Å². The van der Waals surface area contributed by atoms with Gasteiger partial charge in [0.15, 0.2) is 0 Å². The van der Waals surface area contributed by atoms with E-state index in [1.54, 1.807) is 0 Å². The maximum Gasteiger partial charge on any atom is 0.433 e. The number of amides is 1. The Balaban J connectivity index is 1.39. The van der Waals surface area contributed by atoms with Crippen molar-refractivity contribution in [1.82, 2.24) is 4.98 Å². The van der Waals surface area contributed by atoms with Crippen molar-refractivity contribution in [2.75, 3.05) is 10.6 Å². The minimum atomic E-state index is -4.48. The van der Waals surface area contributed by atoms with Crippen LogP contribution in [0.3, 0.4) is 0 Å². The minimum absolute atomic E-state index is 0.132. The first-order chi connectivity index (χ1) is 13.7. The van der Waals surface area contributed by atoms with Crippen molar-refractivity contribution in [2.45, 2.75) is 37.9 Å². The molecule has 154 valence electrons. The number of alkyl halides is 3. The average molecular weight is 407 g/mol. The highest BCUT2D eigenvalue weighted by Gasteiger charge is 2.58. The van der Waals surface area contributed by atoms with Gasteiger partial charge in [0.1, 0.15) is 11.5 Å². The molecular formula is C21H21F4N3O. The van der Waals surface area contributed by atoms with Crippen molar-refractivity contribution in [3.05, 3.63) is 54.1 Å². The summed E-state index contributed by atoms with van der Waals surface area (Å²) in [5.74, 6) is -0.246. The number of pyridine rings is 1. The van der Waals surface area contributed by atoms with Crippen LogP contribution in [0.4, 0.5) is 28.9 Å². The molecule has 1 unspecified atom stereocenters. The molecule has 3 saturated carbocycles. The van der Waals surface area contributed by atoms with Crippen LogP contribution in [0.1, 0.15) is 31.9 Å². The van der Waals surface area contributed by atoms with Gasteiger partial charge >= 0.3 is 6.18 Å². The van der Waals surface area contributed by atoms with Gasteiger partial charge in [-0.25, -0.2) is 4.39 Å². The number of fused-ring (bicyclic) bond motifs is 1. The predicted molar refractivity (Wildman–Crippen MR) is 101 cm³/mol. The summed E-state index contributed by atoms with van der Waals surface area (Å²) in [5.41, 5.74) is -0.256. The molecule has 2 N–H and O–H groups in total. The molecule has 2 bridgehead atoms. The van der Waals surface area contributed by atoms with Crippen LogP contribution in [-0.4, -0.2) is 16.4 Å². The second-order valence-corrected chi connectivity index (χ2v) is 8.15. The molecular weight excluding hydrogens is 386 g/mol. The number of rotatable bonds is 5. The number of carbonyl (C=O) groups is 1. The van der Waals surface area contributed by atoms with Gasteiger partial charge in [0, 0.05) is 29.0 Å². The van der Waals surface area contributed by atoms with Crippen LogP contribution in [0, 0.1) is 23.6 Å². The van der Waals surface area contributed by atoms with Gasteiger partial charge in [-0.3, -0.25) is 9.78 Å². The largest absolute Gasteiger partial charge is 0.433 e. The number of hydrogen-bond donors (Lipinski definition) is 2. The Morgan fingerprint density at radius 2 is 1.83 bits per heavy atom. The zero-order valence-electron chi connectivity index (χ0n) is 15.8. The zero-order valence-corrected chi connectivity index (χ0v) is 15.8. The Kier molecular flexibility index (Phi) is 4.75. The van der Waals surface area contributed by atoms with Crippen LogP contribution in [0.5, 0.6) is 0 Å². The van der Waals surface area contributed by atoms with Gasteiger partial charge < -0.3 is 10.6 Å². The van der Waals surface area contributed by atoms with Gasteiger partial charge in [-0.1, -0.05) is 6.92 Å². The van der Waals surface area contributed by atoms with Crippen LogP contribution < -0.4 is 10.6 Å². The number of nitrogens with one attached hydrogen (secondary N) is 2. The summed E-state index contributed by atoms with van der Waals surface area (Å²) in [4.78, 5) is 16.0. The van der Waals surface area contributed by atoms with Crippen molar-refractivity contribution < 1.29 is 22.4 Å². The fraction of sp³-hybridized carbons (Fsp3) is 0.429. The quantitative estimate of drug-likeness (QED) is 0.679. The number of carbonyl (C=O) groups excluding carboxylic acids is 1. The standard InChI is InChI=1S/C21H21F4N3O/c1-12(19(29)27-15-4-2-14(22)3-5-15)17-11-20(9-13(17)10-20)28-16-6-7-26-18(8-16)21(23,24)25/h2-8,12-13,17H,9-11H2,1H3,(H,26,28)(H,27,29)/t12?,13?,17-,20?/m1/s1. The van der Waals surface area contributed by atoms with E-state index in [-0.39, 0.29) is 29.1 Å². The number of anilines is 2. The Bertz CT molecular complexity index is 907. The Hall–Kier alpha value is -2.64. The first-order valence-corrected chi connectivity index (χ1v) is 9.53. The first-order valence-electron chi connectivity index (χ1n) is 9.53. The molecule has 2 atom stereocenters. The molecule has 4 nitrogen and oxygen atoms in total. The fourth-order valence-corrected chi connectivity index (χ4v) is 4.72. The molecule has 3 aliphatic carbocycles. The maximum atomic E-state index is 13.0. The second-order valence-electron chi connectivity index (χ2n) is 8.15. The van der Waals surface area contributed by atoms with Gasteiger partial charge in [-0.05, 0) is 67.5 Å². The highest BCUT2D eigenvalue weighted by atomic mass is 19.4. The molecule has 8 heteroatoms. The smallest absolute Gasteiger partial charge is 0.379 e. The van der Waals surface area contributed by atoms with E-state index in [4.69, 9.17) is 0 Å². The second kappa shape index (κ2) is 7.00. The molecule has 1 amide bonds. The SMILES string of the molecule is CC(C(=O)Nc1ccc(F)cc1)[C@H]1CC2(Nc3ccnc(C(F)(F)F)c3)CC1C2. The van der Waals surface area contributed by atoms with E-state index in [9.17, 15) is 22.4 Å². The number of nitrogens with zero attached hydrogens (tertiary/aromatic N) is 1. The summed E-state index contributed by atoms with van der Waals surface area (Å²) in [7, 11) is 0. The normalized spacial score (nSPS) is 26.5. The first kappa shape index (κ1) is 19.7. The van der Waals surface area contributed by atoms with Crippen molar-refractivity contribution in [2.24, 2.45) is 17.8 Å². The lowest BCUT2D eigenvalue weighted by atomic mass is 9.74. The summed E-state index contributed by atoms with van der Waals surface area (Å²) in [6, 6.07) is 8.17. The molecule has 1 aromatic heterocycles. The van der Waals surface area contributed by atoms with Crippen molar-refractivity contribution >= 4 is 17.3 Å². The third kappa shape index (κ3) is 3.93. The molecule has 3 fully saturated rings. The van der Waals surface area contributed by atoms with Crippen molar-refractivity contribution in [3.63, 3.8) is 0 Å². The van der Waals surface area contributed by atoms with E-state index < -0.39 is 11.9 Å². The fourth-order valence-electron chi connectivity index (χ4n) is 4.72. The van der Waals surface area contributed by atoms with E-state index in [1.165, 1.54) is 30.3 Å². The van der Waals surface area contributed by atoms with Gasteiger partial charge in [0.05, 0.1) is 0 Å². The van der Waals surface area contributed by atoms with E-state index in [0.29, 0.717) is 17.3 Å². The van der Waals surface area contributed by atoms with Gasteiger partial charge in [0.25, 0.3) is 0 Å². The third-order valence-corrected chi connectivity index (χ3v) is 6.17. The topological polar surface area (TPSA) is 54.0 Å². The summed E-state index contributed by atoms with van der Waals surface area (Å²) in [6.07, 6.45) is -0.948. The molecule has 5 rings (SSSR count). The molecule has 0 saturated heterocycles. The molecule has 1 heterocycles. The summed E-state index contributed by atoms with van der Waals surface area (Å²) in [5, 5.41) is 6.07.